The van der Waals surface area contributed by atoms with Gasteiger partial charge in [-0.2, -0.15) is 0 Å². The van der Waals surface area contributed by atoms with E-state index in [1.54, 1.807) is 19.2 Å². The molecule has 1 heterocycles. The predicted octanol–water partition coefficient (Wildman–Crippen LogP) is 1.11. The smallest absolute Gasteiger partial charge is 0.181 e. The molecule has 1 radical (unpaired) electrons. The van der Waals surface area contributed by atoms with Crippen LogP contribution in [0.3, 0.4) is 0 Å². The third-order valence-electron chi connectivity index (χ3n) is 1.26. The zero-order valence-electron chi connectivity index (χ0n) is 6.20. The van der Waals surface area contributed by atoms with E-state index in [1.165, 1.54) is 6.20 Å². The summed E-state index contributed by atoms with van der Waals surface area (Å²) in [5, 5.41) is 0. The van der Waals surface area contributed by atoms with Crippen LogP contribution < -0.4 is 4.74 Å². The number of rotatable bonds is 2. The number of nitrogens with zero attached hydrogens (tertiary/aromatic N) is 1. The maximum Gasteiger partial charge on any atom is 0.181 e. The molecular formula is C8H8NO2. The lowest BCUT2D eigenvalue weighted by molar-refractivity contribution is 0.103. The van der Waals surface area contributed by atoms with Crippen molar-refractivity contribution >= 4 is 5.78 Å². The summed E-state index contributed by atoms with van der Waals surface area (Å²) >= 11 is 0. The summed E-state index contributed by atoms with van der Waals surface area (Å²) in [6.07, 6.45) is 1.48. The Labute approximate surface area is 65.0 Å². The van der Waals surface area contributed by atoms with Gasteiger partial charge in [0.15, 0.2) is 5.78 Å². The van der Waals surface area contributed by atoms with Crippen molar-refractivity contribution in [1.82, 2.24) is 4.98 Å². The maximum absolute atomic E-state index is 10.6. The van der Waals surface area contributed by atoms with Crippen molar-refractivity contribution in [2.24, 2.45) is 0 Å². The van der Waals surface area contributed by atoms with E-state index in [2.05, 4.69) is 11.9 Å². The molecule has 57 valence electrons. The second kappa shape index (κ2) is 3.14. The van der Waals surface area contributed by atoms with Gasteiger partial charge in [-0.1, -0.05) is 0 Å². The fourth-order valence-corrected chi connectivity index (χ4v) is 0.666. The molecule has 0 saturated carbocycles. The molecule has 0 atom stereocenters. The summed E-state index contributed by atoms with van der Waals surface area (Å²) in [7, 11) is 1.54. The lowest BCUT2D eigenvalue weighted by Gasteiger charge is -1.97. The highest BCUT2D eigenvalue weighted by atomic mass is 16.5. The Morgan fingerprint density at radius 1 is 1.64 bits per heavy atom. The Balaban J connectivity index is 2.91. The summed E-state index contributed by atoms with van der Waals surface area (Å²) in [6, 6.07) is 3.25. The number of ether oxygens (including phenoxy) is 1. The number of methoxy groups -OCH3 is 1. The summed E-state index contributed by atoms with van der Waals surface area (Å²) < 4.78 is 4.85. The van der Waals surface area contributed by atoms with E-state index in [0.29, 0.717) is 11.4 Å². The first kappa shape index (κ1) is 7.72. The molecule has 11 heavy (non-hydrogen) atoms. The van der Waals surface area contributed by atoms with Crippen LogP contribution in [0.4, 0.5) is 0 Å². The van der Waals surface area contributed by atoms with Crippen molar-refractivity contribution in [3.8, 4) is 5.75 Å². The third-order valence-corrected chi connectivity index (χ3v) is 1.26. The number of aromatic nitrogens is 1. The van der Waals surface area contributed by atoms with Crippen molar-refractivity contribution in [2.75, 3.05) is 7.11 Å². The molecule has 0 amide bonds. The van der Waals surface area contributed by atoms with E-state index in [1.807, 2.05) is 0 Å². The largest absolute Gasteiger partial charge is 0.495 e. The Morgan fingerprint density at radius 3 is 2.73 bits per heavy atom. The molecule has 3 nitrogen and oxygen atoms in total. The minimum atomic E-state index is -0.285. The van der Waals surface area contributed by atoms with Crippen LogP contribution in [-0.2, 0) is 0 Å². The fourth-order valence-electron chi connectivity index (χ4n) is 0.666. The van der Waals surface area contributed by atoms with E-state index < -0.39 is 0 Å². The molecule has 0 bridgehead atoms. The molecule has 0 spiro atoms. The quantitative estimate of drug-likeness (QED) is 0.593. The summed E-state index contributed by atoms with van der Waals surface area (Å²) in [5.41, 5.74) is 0.353. The van der Waals surface area contributed by atoms with Crippen molar-refractivity contribution in [1.29, 1.82) is 0 Å². The van der Waals surface area contributed by atoms with Crippen molar-refractivity contribution in [3.05, 3.63) is 30.9 Å². The first-order valence-electron chi connectivity index (χ1n) is 3.10. The molecular weight excluding hydrogens is 142 g/mol. The molecule has 0 aliphatic rings. The Morgan fingerprint density at radius 2 is 2.36 bits per heavy atom. The van der Waals surface area contributed by atoms with Crippen LogP contribution in [0.25, 0.3) is 0 Å². The van der Waals surface area contributed by atoms with Crippen molar-refractivity contribution < 1.29 is 9.53 Å². The number of pyridine rings is 1. The van der Waals surface area contributed by atoms with Crippen LogP contribution >= 0.6 is 0 Å². The molecule has 0 unspecified atom stereocenters. The SMILES string of the molecule is [CH2]C(=O)c1ccc(OC)cn1. The number of hydrogen-bond acceptors (Lipinski definition) is 3. The molecule has 1 rings (SSSR count). The van der Waals surface area contributed by atoms with E-state index in [9.17, 15) is 4.79 Å². The highest BCUT2D eigenvalue weighted by Crippen LogP contribution is 2.07. The highest BCUT2D eigenvalue weighted by molar-refractivity contribution is 5.97. The Bertz CT molecular complexity index is 253. The summed E-state index contributed by atoms with van der Waals surface area (Å²) in [5.74, 6) is 0.350. The van der Waals surface area contributed by atoms with E-state index in [-0.39, 0.29) is 5.78 Å². The van der Waals surface area contributed by atoms with Gasteiger partial charge in [-0.15, -0.1) is 0 Å². The zero-order valence-corrected chi connectivity index (χ0v) is 6.20. The minimum Gasteiger partial charge on any atom is -0.495 e. The summed E-state index contributed by atoms with van der Waals surface area (Å²) in [4.78, 5) is 14.4. The lowest BCUT2D eigenvalue weighted by atomic mass is 10.3. The van der Waals surface area contributed by atoms with Crippen LogP contribution in [0.1, 0.15) is 10.5 Å². The molecule has 0 aromatic carbocycles. The standard InChI is InChI=1S/C8H8NO2/c1-6(10)8-4-3-7(11-2)5-9-8/h3-5H,1H2,2H3. The molecule has 0 aliphatic heterocycles. The van der Waals surface area contributed by atoms with Gasteiger partial charge in [0.1, 0.15) is 11.4 Å². The van der Waals surface area contributed by atoms with Gasteiger partial charge in [0.05, 0.1) is 13.3 Å². The molecule has 1 aromatic rings. The van der Waals surface area contributed by atoms with Crippen molar-refractivity contribution in [2.45, 2.75) is 0 Å². The highest BCUT2D eigenvalue weighted by Gasteiger charge is 1.99. The lowest BCUT2D eigenvalue weighted by Crippen LogP contribution is -1.96. The van der Waals surface area contributed by atoms with Gasteiger partial charge in [0.2, 0.25) is 0 Å². The van der Waals surface area contributed by atoms with Gasteiger partial charge in [0.25, 0.3) is 0 Å². The van der Waals surface area contributed by atoms with Gasteiger partial charge in [0, 0.05) is 6.92 Å². The average molecular weight is 150 g/mol. The topological polar surface area (TPSA) is 39.2 Å². The van der Waals surface area contributed by atoms with Crippen LogP contribution in [-0.4, -0.2) is 17.9 Å². The summed E-state index contributed by atoms with van der Waals surface area (Å²) in [6.45, 7) is 3.22. The van der Waals surface area contributed by atoms with Crippen LogP contribution in [0.15, 0.2) is 18.3 Å². The van der Waals surface area contributed by atoms with Gasteiger partial charge < -0.3 is 4.74 Å². The number of carbonyl (C=O) groups is 1. The second-order valence-corrected chi connectivity index (χ2v) is 2.01. The maximum atomic E-state index is 10.6. The van der Waals surface area contributed by atoms with Crippen LogP contribution in [0.5, 0.6) is 5.75 Å². The zero-order chi connectivity index (χ0) is 8.27. The van der Waals surface area contributed by atoms with Gasteiger partial charge in [-0.3, -0.25) is 4.79 Å². The predicted molar refractivity (Wildman–Crippen MR) is 40.5 cm³/mol. The van der Waals surface area contributed by atoms with E-state index >= 15 is 0 Å². The normalized spacial score (nSPS) is 9.27. The fraction of sp³-hybridized carbons (Fsp3) is 0.125. The molecule has 3 heteroatoms. The Kier molecular flexibility index (Phi) is 2.21. The van der Waals surface area contributed by atoms with E-state index in [4.69, 9.17) is 4.74 Å². The first-order chi connectivity index (χ1) is 5.24. The second-order valence-electron chi connectivity index (χ2n) is 2.01. The molecule has 0 N–H and O–H groups in total. The molecule has 1 aromatic heterocycles. The Hall–Kier alpha value is -1.38. The number of ketones is 1. The van der Waals surface area contributed by atoms with Gasteiger partial charge >= 0.3 is 0 Å². The molecule has 0 aliphatic carbocycles. The molecule has 0 saturated heterocycles. The van der Waals surface area contributed by atoms with Crippen LogP contribution in [0.2, 0.25) is 0 Å². The van der Waals surface area contributed by atoms with Gasteiger partial charge in [-0.25, -0.2) is 4.98 Å². The van der Waals surface area contributed by atoms with Crippen molar-refractivity contribution in [3.63, 3.8) is 0 Å². The molecule has 0 fully saturated rings. The number of Topliss-reactive ketones (excluding diaryl/α,β-unsaturated/α-hetero) is 1. The number of hydrogen-bond donors (Lipinski definition) is 0. The minimum absolute atomic E-state index is 0.285. The first-order valence-corrected chi connectivity index (χ1v) is 3.10. The van der Waals surface area contributed by atoms with E-state index in [0.717, 1.165) is 0 Å². The monoisotopic (exact) mass is 150 g/mol. The average Bonchev–Trinajstić information content (AvgIpc) is 2.05. The number of carbonyl (C=O) groups excluding carboxylic acids is 1. The third kappa shape index (κ3) is 1.77. The van der Waals surface area contributed by atoms with Gasteiger partial charge in [-0.05, 0) is 12.1 Å². The van der Waals surface area contributed by atoms with Crippen LogP contribution in [0, 0.1) is 6.92 Å².